The second-order valence-corrected chi connectivity index (χ2v) is 8.98. The molecule has 7 nitrogen and oxygen atoms in total. The summed E-state index contributed by atoms with van der Waals surface area (Å²) < 4.78 is 17.4. The Morgan fingerprint density at radius 2 is 1.93 bits per heavy atom. The van der Waals surface area contributed by atoms with Crippen LogP contribution in [-0.4, -0.2) is 28.4 Å². The molecular weight excluding hydrogens is 361 g/mol. The molecule has 1 unspecified atom stereocenters. The van der Waals surface area contributed by atoms with Gasteiger partial charge in [0.25, 0.3) is 5.56 Å². The lowest BCUT2D eigenvalue weighted by atomic mass is 9.80. The van der Waals surface area contributed by atoms with Crippen molar-refractivity contribution in [3.63, 3.8) is 0 Å². The number of aromatic nitrogens is 2. The lowest BCUT2D eigenvalue weighted by molar-refractivity contribution is 0.242. The molecule has 2 atom stereocenters. The van der Waals surface area contributed by atoms with E-state index in [9.17, 15) is 9.59 Å². The lowest BCUT2D eigenvalue weighted by Crippen LogP contribution is -2.54. The molecule has 28 heavy (non-hydrogen) atoms. The zero-order chi connectivity index (χ0) is 20.0. The van der Waals surface area contributed by atoms with Gasteiger partial charge in [0.2, 0.25) is 0 Å². The number of nitrogens with zero attached hydrogens (tertiary/aromatic N) is 3. The number of fused-ring (bicyclic) bond motifs is 1. The van der Waals surface area contributed by atoms with Crippen LogP contribution in [0.5, 0.6) is 0 Å². The number of aryl methyl sites for hydroxylation is 1. The van der Waals surface area contributed by atoms with Crippen LogP contribution in [-0.2, 0) is 0 Å². The van der Waals surface area contributed by atoms with E-state index in [0.29, 0.717) is 33.9 Å². The number of hydrogen-bond donors (Lipinski definition) is 2. The van der Waals surface area contributed by atoms with Crippen molar-refractivity contribution in [2.75, 3.05) is 23.8 Å². The monoisotopic (exact) mass is 387 g/mol. The summed E-state index contributed by atoms with van der Waals surface area (Å²) in [5.41, 5.74) is 6.95. The molecule has 4 N–H and O–H groups in total. The van der Waals surface area contributed by atoms with E-state index in [1.54, 1.807) is 11.5 Å². The average Bonchev–Trinajstić information content (AvgIpc) is 3.55. The first kappa shape index (κ1) is 17.7. The molecule has 1 saturated heterocycles. The number of benzene rings is 1. The number of nitrogen functional groups attached to an aromatic ring is 1. The third-order valence-corrected chi connectivity index (χ3v) is 7.23. The van der Waals surface area contributed by atoms with Gasteiger partial charge in [-0.1, -0.05) is 6.92 Å². The van der Waals surface area contributed by atoms with E-state index in [1.165, 1.54) is 6.07 Å². The Balaban J connectivity index is 1.75. The summed E-state index contributed by atoms with van der Waals surface area (Å²) in [5, 5.41) is 0.156. The third-order valence-electron chi connectivity index (χ3n) is 7.23. The normalized spacial score (nSPS) is 26.2. The minimum Gasteiger partial charge on any atom is -0.367 e. The topological polar surface area (TPSA) is 99.3 Å². The Morgan fingerprint density at radius 1 is 1.25 bits per heavy atom. The van der Waals surface area contributed by atoms with Crippen molar-refractivity contribution in [2.45, 2.75) is 51.6 Å². The summed E-state index contributed by atoms with van der Waals surface area (Å²) in [6.45, 7) is 5.30. The molecule has 1 aromatic carbocycles. The largest absolute Gasteiger partial charge is 0.367 e. The molecule has 1 aromatic heterocycles. The fourth-order valence-electron chi connectivity index (χ4n) is 5.12. The first-order valence-electron chi connectivity index (χ1n) is 10.0. The lowest BCUT2D eigenvalue weighted by Gasteiger charge is -2.43. The van der Waals surface area contributed by atoms with Gasteiger partial charge in [0.1, 0.15) is 5.82 Å². The van der Waals surface area contributed by atoms with Gasteiger partial charge in [-0.3, -0.25) is 9.36 Å². The highest BCUT2D eigenvalue weighted by molar-refractivity contribution is 5.87. The molecule has 2 aromatic rings. The van der Waals surface area contributed by atoms with Crippen LogP contribution in [0.2, 0.25) is 0 Å². The first-order valence-corrected chi connectivity index (χ1v) is 10.0. The van der Waals surface area contributed by atoms with Crippen molar-refractivity contribution in [1.29, 1.82) is 0 Å². The van der Waals surface area contributed by atoms with Crippen LogP contribution in [0.15, 0.2) is 15.7 Å². The van der Waals surface area contributed by atoms with Crippen molar-refractivity contribution in [1.82, 2.24) is 9.24 Å². The number of nitrogens with two attached hydrogens (primary N) is 2. The molecular formula is C20H26FN5O2. The molecule has 1 spiro atoms. The molecule has 8 heteroatoms. The number of anilines is 1. The van der Waals surface area contributed by atoms with Crippen molar-refractivity contribution in [2.24, 2.45) is 17.1 Å². The van der Waals surface area contributed by atoms with Gasteiger partial charge in [0.15, 0.2) is 0 Å². The van der Waals surface area contributed by atoms with Crippen molar-refractivity contribution >= 4 is 16.6 Å². The van der Waals surface area contributed by atoms with Crippen LogP contribution in [0.3, 0.4) is 0 Å². The second-order valence-electron chi connectivity index (χ2n) is 8.98. The van der Waals surface area contributed by atoms with Crippen LogP contribution in [0.25, 0.3) is 10.9 Å². The number of piperidine rings is 1. The highest BCUT2D eigenvalue weighted by Crippen LogP contribution is 2.56. The molecule has 2 heterocycles. The van der Waals surface area contributed by atoms with E-state index >= 15 is 4.39 Å². The van der Waals surface area contributed by atoms with Crippen LogP contribution >= 0.6 is 0 Å². The summed E-state index contributed by atoms with van der Waals surface area (Å²) >= 11 is 0. The van der Waals surface area contributed by atoms with E-state index in [1.807, 2.05) is 4.90 Å². The minimum absolute atomic E-state index is 0.0146. The molecule has 0 amide bonds. The van der Waals surface area contributed by atoms with E-state index in [4.69, 9.17) is 11.6 Å². The summed E-state index contributed by atoms with van der Waals surface area (Å²) in [7, 11) is 0. The first-order chi connectivity index (χ1) is 13.2. The van der Waals surface area contributed by atoms with Gasteiger partial charge in [0, 0.05) is 30.7 Å². The molecule has 3 aliphatic rings. The summed E-state index contributed by atoms with van der Waals surface area (Å²) in [6.07, 6.45) is 3.93. The molecule has 5 rings (SSSR count). The highest BCUT2D eigenvalue weighted by atomic mass is 19.1. The molecule has 0 bridgehead atoms. The fraction of sp³-hybridized carbons (Fsp3) is 0.600. The Bertz CT molecular complexity index is 1110. The molecule has 150 valence electrons. The maximum absolute atomic E-state index is 15.3. The standard InChI is InChI=1S/C20H26FN5O2/c1-10-16-13(18(27)26(23)19(28)25(16)12-3-4-12)7-14(21)17(10)24-8-15(22)11(2)20(9-24)5-6-20/h7,11-12,15H,3-6,8-9,22-23H2,1-2H3/t11-,15?/m1/s1. The van der Waals surface area contributed by atoms with Crippen LogP contribution < -0.4 is 27.7 Å². The average molecular weight is 387 g/mol. The zero-order valence-electron chi connectivity index (χ0n) is 16.2. The van der Waals surface area contributed by atoms with Crippen molar-refractivity contribution in [3.8, 4) is 0 Å². The van der Waals surface area contributed by atoms with Gasteiger partial charge >= 0.3 is 5.69 Å². The van der Waals surface area contributed by atoms with Gasteiger partial charge in [-0.25, -0.2) is 9.18 Å². The third kappa shape index (κ3) is 2.30. The highest BCUT2D eigenvalue weighted by Gasteiger charge is 2.53. The van der Waals surface area contributed by atoms with E-state index < -0.39 is 17.1 Å². The summed E-state index contributed by atoms with van der Waals surface area (Å²) in [6, 6.07) is 1.22. The smallest absolute Gasteiger partial charge is 0.350 e. The number of halogens is 1. The van der Waals surface area contributed by atoms with Crippen LogP contribution in [0, 0.1) is 24.1 Å². The summed E-state index contributed by atoms with van der Waals surface area (Å²) in [5.74, 6) is 5.64. The number of rotatable bonds is 2. The number of hydrogen-bond acceptors (Lipinski definition) is 5. The quantitative estimate of drug-likeness (QED) is 0.755. The Hall–Kier alpha value is -2.35. The predicted octanol–water partition coefficient (Wildman–Crippen LogP) is 1.22. The SMILES string of the molecule is Cc1c(N2CC(N)[C@@H](C)C3(CC3)C2)c(F)cc2c(=O)n(N)c(=O)n(C3CC3)c12. The maximum Gasteiger partial charge on any atom is 0.350 e. The Kier molecular flexibility index (Phi) is 3.54. The Labute approximate surface area is 161 Å². The van der Waals surface area contributed by atoms with Gasteiger partial charge in [-0.05, 0) is 50.0 Å². The van der Waals surface area contributed by atoms with E-state index in [-0.39, 0.29) is 22.9 Å². The van der Waals surface area contributed by atoms with Gasteiger partial charge in [0.05, 0.1) is 16.6 Å². The zero-order valence-corrected chi connectivity index (χ0v) is 16.2. The van der Waals surface area contributed by atoms with Gasteiger partial charge in [-0.15, -0.1) is 0 Å². The Morgan fingerprint density at radius 3 is 2.54 bits per heavy atom. The van der Waals surface area contributed by atoms with E-state index in [2.05, 4.69) is 6.92 Å². The second kappa shape index (κ2) is 5.59. The fourth-order valence-corrected chi connectivity index (χ4v) is 5.12. The van der Waals surface area contributed by atoms with Crippen LogP contribution in [0.1, 0.15) is 44.2 Å². The molecule has 1 aliphatic heterocycles. The predicted molar refractivity (Wildman–Crippen MR) is 107 cm³/mol. The maximum atomic E-state index is 15.3. The van der Waals surface area contributed by atoms with Crippen molar-refractivity contribution < 1.29 is 4.39 Å². The van der Waals surface area contributed by atoms with E-state index in [0.717, 1.165) is 32.2 Å². The van der Waals surface area contributed by atoms with Gasteiger partial charge in [-0.2, -0.15) is 4.68 Å². The minimum atomic E-state index is -0.659. The molecule has 2 aliphatic carbocycles. The van der Waals surface area contributed by atoms with Gasteiger partial charge < -0.3 is 16.5 Å². The molecule has 0 radical (unpaired) electrons. The molecule has 3 fully saturated rings. The van der Waals surface area contributed by atoms with Crippen molar-refractivity contribution in [3.05, 3.63) is 38.3 Å². The summed E-state index contributed by atoms with van der Waals surface area (Å²) in [4.78, 5) is 27.3. The van der Waals surface area contributed by atoms with Crippen LogP contribution in [0.4, 0.5) is 10.1 Å². The molecule has 2 saturated carbocycles.